The number of ether oxygens (including phenoxy) is 1. The third-order valence-electron chi connectivity index (χ3n) is 2.10. The van der Waals surface area contributed by atoms with Gasteiger partial charge in [-0.05, 0) is 29.8 Å². The summed E-state index contributed by atoms with van der Waals surface area (Å²) in [5.41, 5.74) is 5.19. The van der Waals surface area contributed by atoms with E-state index in [4.69, 9.17) is 10.5 Å². The minimum Gasteiger partial charge on any atom is -0.480 e. The second-order valence-corrected chi connectivity index (χ2v) is 4.57. The number of primary amides is 1. The number of carbonyl (C=O) groups excluding carboxylic acids is 1. The lowest BCUT2D eigenvalue weighted by molar-refractivity contribution is -0.116. The first kappa shape index (κ1) is 13.7. The van der Waals surface area contributed by atoms with Crippen molar-refractivity contribution >= 4 is 27.8 Å². The highest BCUT2D eigenvalue weighted by molar-refractivity contribution is 9.10. The van der Waals surface area contributed by atoms with Gasteiger partial charge in [-0.2, -0.15) is 4.98 Å². The van der Waals surface area contributed by atoms with Crippen LogP contribution < -0.4 is 15.4 Å². The zero-order valence-corrected chi connectivity index (χ0v) is 11.6. The molecular formula is C10H15BrN4O2. The van der Waals surface area contributed by atoms with Crippen LogP contribution in [0.25, 0.3) is 0 Å². The van der Waals surface area contributed by atoms with Crippen molar-refractivity contribution in [3.05, 3.63) is 10.7 Å². The van der Waals surface area contributed by atoms with E-state index in [9.17, 15) is 4.79 Å². The molecule has 0 radical (unpaired) electrons. The molecule has 1 aromatic rings. The summed E-state index contributed by atoms with van der Waals surface area (Å²) in [6.45, 7) is 3.93. The molecule has 0 bridgehead atoms. The van der Waals surface area contributed by atoms with Gasteiger partial charge in [-0.15, -0.1) is 0 Å². The van der Waals surface area contributed by atoms with Gasteiger partial charge in [0.2, 0.25) is 17.7 Å². The SMILES string of the molecule is COc1nc(N(CC(N)=O)C(C)C)ncc1Br. The standard InChI is InChI=1S/C10H15BrN4O2/c1-6(2)15(5-8(12)16)10-13-4-7(11)9(14-10)17-3/h4,6H,5H2,1-3H3,(H2,12,16). The normalized spacial score (nSPS) is 10.4. The van der Waals surface area contributed by atoms with Gasteiger partial charge in [0.25, 0.3) is 0 Å². The van der Waals surface area contributed by atoms with Crippen LogP contribution in [0.4, 0.5) is 5.95 Å². The number of hydrogen-bond donors (Lipinski definition) is 1. The first-order chi connectivity index (χ1) is 7.95. The monoisotopic (exact) mass is 302 g/mol. The van der Waals surface area contributed by atoms with E-state index in [1.807, 2.05) is 13.8 Å². The Morgan fingerprint density at radius 1 is 1.65 bits per heavy atom. The summed E-state index contributed by atoms with van der Waals surface area (Å²) in [5, 5.41) is 0. The lowest BCUT2D eigenvalue weighted by atomic mass is 10.3. The van der Waals surface area contributed by atoms with Gasteiger partial charge < -0.3 is 15.4 Å². The number of hydrogen-bond acceptors (Lipinski definition) is 5. The first-order valence-electron chi connectivity index (χ1n) is 5.07. The van der Waals surface area contributed by atoms with Crippen molar-refractivity contribution in [3.63, 3.8) is 0 Å². The van der Waals surface area contributed by atoms with Gasteiger partial charge in [-0.25, -0.2) is 4.98 Å². The zero-order valence-electron chi connectivity index (χ0n) is 9.98. The van der Waals surface area contributed by atoms with Crippen molar-refractivity contribution in [2.75, 3.05) is 18.6 Å². The summed E-state index contributed by atoms with van der Waals surface area (Å²) in [4.78, 5) is 21.0. The van der Waals surface area contributed by atoms with E-state index in [1.165, 1.54) is 7.11 Å². The van der Waals surface area contributed by atoms with Gasteiger partial charge in [0, 0.05) is 6.04 Å². The molecule has 1 rings (SSSR count). The Labute approximate surface area is 108 Å². The van der Waals surface area contributed by atoms with Gasteiger partial charge in [0.1, 0.15) is 0 Å². The number of aromatic nitrogens is 2. The average molecular weight is 303 g/mol. The van der Waals surface area contributed by atoms with Crippen LogP contribution in [0.1, 0.15) is 13.8 Å². The summed E-state index contributed by atoms with van der Waals surface area (Å²) >= 11 is 3.27. The highest BCUT2D eigenvalue weighted by Gasteiger charge is 2.17. The van der Waals surface area contributed by atoms with Gasteiger partial charge in [0.05, 0.1) is 24.3 Å². The van der Waals surface area contributed by atoms with Crippen LogP contribution in [0.2, 0.25) is 0 Å². The molecule has 0 aliphatic heterocycles. The Morgan fingerprint density at radius 3 is 2.76 bits per heavy atom. The number of halogens is 1. The molecule has 17 heavy (non-hydrogen) atoms. The maximum absolute atomic E-state index is 11.0. The Morgan fingerprint density at radius 2 is 2.29 bits per heavy atom. The topological polar surface area (TPSA) is 81.3 Å². The average Bonchev–Trinajstić information content (AvgIpc) is 2.26. The van der Waals surface area contributed by atoms with E-state index in [0.717, 1.165) is 0 Å². The highest BCUT2D eigenvalue weighted by Crippen LogP contribution is 2.23. The molecule has 0 aliphatic rings. The summed E-state index contributed by atoms with van der Waals surface area (Å²) in [6.07, 6.45) is 1.58. The van der Waals surface area contributed by atoms with Crippen LogP contribution in [-0.4, -0.2) is 35.6 Å². The molecule has 0 fully saturated rings. The van der Waals surface area contributed by atoms with Gasteiger partial charge in [-0.1, -0.05) is 0 Å². The minimum atomic E-state index is -0.427. The molecule has 6 nitrogen and oxygen atoms in total. The van der Waals surface area contributed by atoms with Crippen LogP contribution in [0.3, 0.4) is 0 Å². The summed E-state index contributed by atoms with van der Waals surface area (Å²) in [7, 11) is 1.52. The molecule has 1 amide bonds. The Balaban J connectivity index is 3.05. The van der Waals surface area contributed by atoms with E-state index in [0.29, 0.717) is 16.3 Å². The van der Waals surface area contributed by atoms with E-state index < -0.39 is 5.91 Å². The number of methoxy groups -OCH3 is 1. The largest absolute Gasteiger partial charge is 0.480 e. The van der Waals surface area contributed by atoms with E-state index in [-0.39, 0.29) is 12.6 Å². The second kappa shape index (κ2) is 5.81. The number of nitrogens with zero attached hydrogens (tertiary/aromatic N) is 3. The van der Waals surface area contributed by atoms with Crippen molar-refractivity contribution in [1.29, 1.82) is 0 Å². The Kier molecular flexibility index (Phi) is 4.68. The third-order valence-corrected chi connectivity index (χ3v) is 2.64. The smallest absolute Gasteiger partial charge is 0.237 e. The quantitative estimate of drug-likeness (QED) is 0.876. The molecule has 7 heteroatoms. The van der Waals surface area contributed by atoms with Crippen LogP contribution in [0.5, 0.6) is 5.88 Å². The van der Waals surface area contributed by atoms with E-state index >= 15 is 0 Å². The molecule has 1 heterocycles. The first-order valence-corrected chi connectivity index (χ1v) is 5.86. The van der Waals surface area contributed by atoms with E-state index in [1.54, 1.807) is 11.1 Å². The molecule has 0 saturated heterocycles. The minimum absolute atomic E-state index is 0.0633. The van der Waals surface area contributed by atoms with Crippen molar-refractivity contribution < 1.29 is 9.53 Å². The summed E-state index contributed by atoms with van der Waals surface area (Å²) in [5.74, 6) is 0.410. The molecule has 2 N–H and O–H groups in total. The molecule has 94 valence electrons. The molecule has 1 aromatic heterocycles. The predicted octanol–water partition coefficient (Wildman–Crippen LogP) is 0.948. The molecule has 0 atom stereocenters. The maximum Gasteiger partial charge on any atom is 0.237 e. The van der Waals surface area contributed by atoms with Crippen LogP contribution >= 0.6 is 15.9 Å². The number of rotatable bonds is 5. The van der Waals surface area contributed by atoms with Crippen molar-refractivity contribution in [3.8, 4) is 5.88 Å². The van der Waals surface area contributed by atoms with E-state index in [2.05, 4.69) is 25.9 Å². The fourth-order valence-electron chi connectivity index (χ4n) is 1.28. The van der Waals surface area contributed by atoms with Crippen LogP contribution in [0, 0.1) is 0 Å². The lowest BCUT2D eigenvalue weighted by Crippen LogP contribution is -2.39. The third kappa shape index (κ3) is 3.55. The Hall–Kier alpha value is -1.37. The molecular weight excluding hydrogens is 288 g/mol. The number of anilines is 1. The van der Waals surface area contributed by atoms with Gasteiger partial charge in [-0.3, -0.25) is 4.79 Å². The fourth-order valence-corrected chi connectivity index (χ4v) is 1.63. The van der Waals surface area contributed by atoms with Gasteiger partial charge in [0.15, 0.2) is 0 Å². The van der Waals surface area contributed by atoms with Gasteiger partial charge >= 0.3 is 0 Å². The number of amides is 1. The van der Waals surface area contributed by atoms with Crippen molar-refractivity contribution in [2.45, 2.75) is 19.9 Å². The Bertz CT molecular complexity index is 411. The molecule has 0 aromatic carbocycles. The molecule has 0 unspecified atom stereocenters. The highest BCUT2D eigenvalue weighted by atomic mass is 79.9. The second-order valence-electron chi connectivity index (χ2n) is 3.72. The number of nitrogens with two attached hydrogens (primary N) is 1. The van der Waals surface area contributed by atoms with Crippen LogP contribution in [0.15, 0.2) is 10.7 Å². The zero-order chi connectivity index (χ0) is 13.0. The lowest BCUT2D eigenvalue weighted by Gasteiger charge is -2.25. The van der Waals surface area contributed by atoms with Crippen LogP contribution in [-0.2, 0) is 4.79 Å². The van der Waals surface area contributed by atoms with Crippen molar-refractivity contribution in [1.82, 2.24) is 9.97 Å². The summed E-state index contributed by atoms with van der Waals surface area (Å²) < 4.78 is 5.74. The summed E-state index contributed by atoms with van der Waals surface area (Å²) in [6, 6.07) is 0.0633. The fraction of sp³-hybridized carbons (Fsp3) is 0.500. The van der Waals surface area contributed by atoms with Crippen molar-refractivity contribution in [2.24, 2.45) is 5.73 Å². The predicted molar refractivity (Wildman–Crippen MR) is 68.0 cm³/mol. The maximum atomic E-state index is 11.0. The molecule has 0 aliphatic carbocycles. The number of carbonyl (C=O) groups is 1. The molecule has 0 spiro atoms. The molecule has 0 saturated carbocycles.